The quantitative estimate of drug-likeness (QED) is 0.583. The van der Waals surface area contributed by atoms with Crippen LogP contribution in [0.5, 0.6) is 0 Å². The van der Waals surface area contributed by atoms with Gasteiger partial charge in [-0.15, -0.1) is 11.3 Å². The first-order valence-corrected chi connectivity index (χ1v) is 7.87. The number of hydrogen-bond donors (Lipinski definition) is 0. The monoisotopic (exact) mass is 306 g/mol. The van der Waals surface area contributed by atoms with Crippen molar-refractivity contribution in [2.45, 2.75) is 6.54 Å². The lowest BCUT2D eigenvalue weighted by molar-refractivity contribution is -0.255. The van der Waals surface area contributed by atoms with Gasteiger partial charge in [0.15, 0.2) is 0 Å². The maximum Gasteiger partial charge on any atom is 0.0880 e. The van der Waals surface area contributed by atoms with Gasteiger partial charge < -0.3 is 14.5 Å². The van der Waals surface area contributed by atoms with E-state index in [9.17, 15) is 9.90 Å². The molecule has 0 spiro atoms. The molecule has 0 atom stereocenters. The van der Waals surface area contributed by atoms with E-state index in [2.05, 4.69) is 18.2 Å². The van der Waals surface area contributed by atoms with Crippen molar-refractivity contribution in [3.8, 4) is 0 Å². The van der Waals surface area contributed by atoms with Crippen LogP contribution in [-0.2, 0) is 6.54 Å². The van der Waals surface area contributed by atoms with E-state index >= 15 is 0 Å². The van der Waals surface area contributed by atoms with Crippen LogP contribution in [0.15, 0.2) is 60.0 Å². The minimum absolute atomic E-state index is 0.231. The van der Waals surface area contributed by atoms with E-state index in [-0.39, 0.29) is 5.69 Å². The number of hydrogen-bond acceptors (Lipinski definition) is 3. The highest BCUT2D eigenvalue weighted by Gasteiger charge is 2.12. The van der Waals surface area contributed by atoms with Crippen LogP contribution in [0.4, 0.5) is 0 Å². The molecule has 2 aromatic heterocycles. The van der Waals surface area contributed by atoms with E-state index in [0.29, 0.717) is 6.54 Å². The molecular weight excluding hydrogens is 294 g/mol. The summed E-state index contributed by atoms with van der Waals surface area (Å²) >= 11 is 1.54. The third kappa shape index (κ3) is 2.00. The van der Waals surface area contributed by atoms with Gasteiger partial charge in [0.2, 0.25) is 0 Å². The van der Waals surface area contributed by atoms with Crippen molar-refractivity contribution in [1.82, 2.24) is 4.57 Å². The molecule has 0 radical (unpaired) electrons. The van der Waals surface area contributed by atoms with E-state index in [4.69, 9.17) is 0 Å². The maximum absolute atomic E-state index is 11.4. The SMILES string of the molecule is O=C([O-])c1cc2sccc2n1Cc1cccc2ccccc12. The molecular formula is C18H12NO2S-. The molecule has 0 aliphatic carbocycles. The molecule has 22 heavy (non-hydrogen) atoms. The number of aromatic carboxylic acids is 1. The maximum atomic E-state index is 11.4. The van der Waals surface area contributed by atoms with Crippen molar-refractivity contribution in [3.05, 3.63) is 71.2 Å². The summed E-state index contributed by atoms with van der Waals surface area (Å²) in [6.07, 6.45) is 0. The molecule has 2 heterocycles. The standard InChI is InChI=1S/C18H13NO2S/c20-18(21)16-10-17-15(8-9-22-17)19(16)11-13-6-3-5-12-4-1-2-7-14(12)13/h1-10H,11H2,(H,20,21)/p-1. The summed E-state index contributed by atoms with van der Waals surface area (Å²) in [5, 5.41) is 15.7. The molecule has 4 heteroatoms. The van der Waals surface area contributed by atoms with E-state index in [0.717, 1.165) is 26.6 Å². The van der Waals surface area contributed by atoms with E-state index in [1.54, 1.807) is 17.4 Å². The van der Waals surface area contributed by atoms with Gasteiger partial charge in [0, 0.05) is 6.54 Å². The van der Waals surface area contributed by atoms with Crippen LogP contribution in [0.25, 0.3) is 21.0 Å². The number of benzene rings is 2. The van der Waals surface area contributed by atoms with Crippen molar-refractivity contribution in [2.24, 2.45) is 0 Å². The van der Waals surface area contributed by atoms with Crippen molar-refractivity contribution in [1.29, 1.82) is 0 Å². The van der Waals surface area contributed by atoms with Crippen molar-refractivity contribution in [2.75, 3.05) is 0 Å². The summed E-state index contributed by atoms with van der Waals surface area (Å²) in [5.41, 5.74) is 2.27. The zero-order chi connectivity index (χ0) is 15.1. The van der Waals surface area contributed by atoms with Gasteiger partial charge in [0.25, 0.3) is 0 Å². The van der Waals surface area contributed by atoms with E-state index in [1.807, 2.05) is 40.3 Å². The first-order chi connectivity index (χ1) is 10.7. The molecule has 0 amide bonds. The summed E-state index contributed by atoms with van der Waals surface area (Å²) in [6.45, 7) is 0.519. The second-order valence-electron chi connectivity index (χ2n) is 5.21. The Morgan fingerprint density at radius 1 is 1.09 bits per heavy atom. The van der Waals surface area contributed by atoms with Gasteiger partial charge in [-0.2, -0.15) is 0 Å². The number of carboxylic acids is 1. The third-order valence-corrected chi connectivity index (χ3v) is 4.79. The van der Waals surface area contributed by atoms with E-state index in [1.165, 1.54) is 0 Å². The van der Waals surface area contributed by atoms with Crippen LogP contribution in [-0.4, -0.2) is 10.5 Å². The molecule has 0 aliphatic rings. The van der Waals surface area contributed by atoms with E-state index < -0.39 is 5.97 Å². The lowest BCUT2D eigenvalue weighted by Gasteiger charge is -2.13. The minimum atomic E-state index is -1.14. The van der Waals surface area contributed by atoms with Crippen LogP contribution < -0.4 is 5.11 Å². The molecule has 4 rings (SSSR count). The molecule has 4 aromatic rings. The number of carbonyl (C=O) groups is 1. The van der Waals surface area contributed by atoms with Crippen LogP contribution in [0, 0.1) is 0 Å². The summed E-state index contributed by atoms with van der Waals surface area (Å²) in [7, 11) is 0. The number of carbonyl (C=O) groups excluding carboxylic acids is 1. The lowest BCUT2D eigenvalue weighted by atomic mass is 10.0. The summed E-state index contributed by atoms with van der Waals surface area (Å²) < 4.78 is 2.79. The van der Waals surface area contributed by atoms with Crippen LogP contribution in [0.3, 0.4) is 0 Å². The Balaban J connectivity index is 1.91. The third-order valence-electron chi connectivity index (χ3n) is 3.94. The normalized spacial score (nSPS) is 11.3. The fourth-order valence-corrected chi connectivity index (χ4v) is 3.74. The molecule has 0 fully saturated rings. The highest BCUT2D eigenvalue weighted by Crippen LogP contribution is 2.27. The smallest absolute Gasteiger partial charge is 0.0880 e. The lowest BCUT2D eigenvalue weighted by Crippen LogP contribution is -2.25. The molecule has 2 aromatic carbocycles. The van der Waals surface area contributed by atoms with Gasteiger partial charge in [-0.05, 0) is 33.8 Å². The number of rotatable bonds is 3. The number of thiophene rings is 1. The van der Waals surface area contributed by atoms with Gasteiger partial charge in [-0.25, -0.2) is 0 Å². The summed E-state index contributed by atoms with van der Waals surface area (Å²) in [6, 6.07) is 17.9. The van der Waals surface area contributed by atoms with Gasteiger partial charge >= 0.3 is 0 Å². The Morgan fingerprint density at radius 2 is 1.91 bits per heavy atom. The molecule has 0 bridgehead atoms. The first kappa shape index (κ1) is 13.1. The molecule has 0 saturated carbocycles. The Hall–Kier alpha value is -2.59. The predicted octanol–water partition coefficient (Wildman–Crippen LogP) is 3.27. The fraction of sp³-hybridized carbons (Fsp3) is 0.0556. The molecule has 108 valence electrons. The topological polar surface area (TPSA) is 45.1 Å². The van der Waals surface area contributed by atoms with Gasteiger partial charge in [-0.3, -0.25) is 0 Å². The highest BCUT2D eigenvalue weighted by molar-refractivity contribution is 7.17. The molecule has 0 aliphatic heterocycles. The minimum Gasteiger partial charge on any atom is -0.543 e. The van der Waals surface area contributed by atoms with Crippen molar-refractivity contribution in [3.63, 3.8) is 0 Å². The Kier molecular flexibility index (Phi) is 2.98. The average Bonchev–Trinajstić information content (AvgIpc) is 3.10. The summed E-state index contributed by atoms with van der Waals surface area (Å²) in [5.74, 6) is -1.14. The fourth-order valence-electron chi connectivity index (χ4n) is 2.92. The van der Waals surface area contributed by atoms with Crippen molar-refractivity contribution >= 4 is 38.3 Å². The summed E-state index contributed by atoms with van der Waals surface area (Å²) in [4.78, 5) is 11.4. The highest BCUT2D eigenvalue weighted by atomic mass is 32.1. The van der Waals surface area contributed by atoms with Gasteiger partial charge in [0.1, 0.15) is 0 Å². The first-order valence-electron chi connectivity index (χ1n) is 6.99. The number of aromatic nitrogens is 1. The second kappa shape index (κ2) is 5.00. The average molecular weight is 306 g/mol. The number of fused-ring (bicyclic) bond motifs is 2. The Bertz CT molecular complexity index is 991. The largest absolute Gasteiger partial charge is 0.543 e. The molecule has 0 saturated heterocycles. The van der Waals surface area contributed by atoms with Crippen molar-refractivity contribution < 1.29 is 9.90 Å². The Labute approximate surface area is 131 Å². The molecule has 3 nitrogen and oxygen atoms in total. The van der Waals surface area contributed by atoms with Crippen LogP contribution in [0.1, 0.15) is 16.1 Å². The predicted molar refractivity (Wildman–Crippen MR) is 87.2 cm³/mol. The molecule has 0 N–H and O–H groups in total. The Morgan fingerprint density at radius 3 is 2.77 bits per heavy atom. The molecule has 0 unspecified atom stereocenters. The zero-order valence-corrected chi connectivity index (χ0v) is 12.5. The number of carboxylic acid groups (broad SMARTS) is 1. The second-order valence-corrected chi connectivity index (χ2v) is 6.16. The van der Waals surface area contributed by atoms with Crippen LogP contribution in [0.2, 0.25) is 0 Å². The zero-order valence-electron chi connectivity index (χ0n) is 11.7. The number of nitrogens with zero attached hydrogens (tertiary/aromatic N) is 1. The van der Waals surface area contributed by atoms with Gasteiger partial charge in [0.05, 0.1) is 21.9 Å². The van der Waals surface area contributed by atoms with Gasteiger partial charge in [-0.1, -0.05) is 42.5 Å². The van der Waals surface area contributed by atoms with Crippen LogP contribution >= 0.6 is 11.3 Å².